The summed E-state index contributed by atoms with van der Waals surface area (Å²) >= 11 is 5.96. The van der Waals surface area contributed by atoms with E-state index in [0.29, 0.717) is 10.6 Å². The van der Waals surface area contributed by atoms with Gasteiger partial charge >= 0.3 is 5.97 Å². The van der Waals surface area contributed by atoms with Gasteiger partial charge in [-0.25, -0.2) is 4.79 Å². The Bertz CT molecular complexity index is 558. The van der Waals surface area contributed by atoms with Crippen LogP contribution in [0.25, 0.3) is 6.08 Å². The summed E-state index contributed by atoms with van der Waals surface area (Å²) in [6.07, 6.45) is 2.07. The molecule has 20 heavy (non-hydrogen) atoms. The molecule has 1 aromatic rings. The van der Waals surface area contributed by atoms with E-state index in [1.165, 1.54) is 12.2 Å². The van der Waals surface area contributed by atoms with Crippen LogP contribution in [-0.4, -0.2) is 45.7 Å². The molecule has 0 spiro atoms. The summed E-state index contributed by atoms with van der Waals surface area (Å²) in [5.74, 6) is -1.56. The Labute approximate surface area is 121 Å². The number of halogens is 1. The Morgan fingerprint density at radius 1 is 1.35 bits per heavy atom. The van der Waals surface area contributed by atoms with Crippen molar-refractivity contribution in [3.63, 3.8) is 0 Å². The molecular weight excluding hydrogens is 282 g/mol. The minimum Gasteiger partial charge on any atom is -0.480 e. The van der Waals surface area contributed by atoms with Gasteiger partial charge in [-0.15, -0.1) is 0 Å². The summed E-state index contributed by atoms with van der Waals surface area (Å²) < 4.78 is 0. The van der Waals surface area contributed by atoms with E-state index in [1.54, 1.807) is 24.3 Å². The van der Waals surface area contributed by atoms with E-state index < -0.39 is 24.0 Å². The molecule has 1 amide bonds. The third-order valence-corrected chi connectivity index (χ3v) is 3.50. The molecule has 1 fully saturated rings. The number of β-amino-alcohol motifs (C(OH)–C–C–N with tert-alkyl or cyclic N) is 1. The second-order valence-corrected chi connectivity index (χ2v) is 5.00. The van der Waals surface area contributed by atoms with Gasteiger partial charge < -0.3 is 15.1 Å². The summed E-state index contributed by atoms with van der Waals surface area (Å²) in [7, 11) is 0. The normalized spacial score (nSPS) is 22.4. The van der Waals surface area contributed by atoms with Crippen LogP contribution in [0.4, 0.5) is 0 Å². The Morgan fingerprint density at radius 2 is 2.05 bits per heavy atom. The topological polar surface area (TPSA) is 77.8 Å². The number of carbonyl (C=O) groups is 2. The third kappa shape index (κ3) is 3.18. The fraction of sp³-hybridized carbons (Fsp3) is 0.286. The highest BCUT2D eigenvalue weighted by atomic mass is 35.5. The zero-order valence-electron chi connectivity index (χ0n) is 10.6. The number of hydrogen-bond donors (Lipinski definition) is 2. The molecule has 0 unspecified atom stereocenters. The van der Waals surface area contributed by atoms with Crippen LogP contribution in [-0.2, 0) is 9.59 Å². The summed E-state index contributed by atoms with van der Waals surface area (Å²) in [6, 6.07) is 6.04. The van der Waals surface area contributed by atoms with Crippen LogP contribution >= 0.6 is 11.6 Å². The lowest BCUT2D eigenvalue weighted by Gasteiger charge is -2.19. The highest BCUT2D eigenvalue weighted by Crippen LogP contribution is 2.20. The monoisotopic (exact) mass is 295 g/mol. The molecule has 106 valence electrons. The predicted molar refractivity (Wildman–Crippen MR) is 74.2 cm³/mol. The summed E-state index contributed by atoms with van der Waals surface area (Å²) in [5.41, 5.74) is 0.675. The Kier molecular flexibility index (Phi) is 4.42. The number of nitrogens with zero attached hydrogens (tertiary/aromatic N) is 1. The number of aliphatic hydroxyl groups is 1. The van der Waals surface area contributed by atoms with Gasteiger partial charge in [0, 0.05) is 24.1 Å². The molecule has 0 bridgehead atoms. The van der Waals surface area contributed by atoms with Crippen LogP contribution < -0.4 is 0 Å². The van der Waals surface area contributed by atoms with Crippen molar-refractivity contribution in [2.45, 2.75) is 18.6 Å². The van der Waals surface area contributed by atoms with E-state index in [1.807, 2.05) is 0 Å². The number of aliphatic hydroxyl groups excluding tert-OH is 1. The second kappa shape index (κ2) is 6.07. The molecule has 2 N–H and O–H groups in total. The van der Waals surface area contributed by atoms with Crippen LogP contribution in [0.2, 0.25) is 5.02 Å². The Morgan fingerprint density at radius 3 is 2.70 bits per heavy atom. The van der Waals surface area contributed by atoms with Gasteiger partial charge in [0.25, 0.3) is 0 Å². The number of hydrogen-bond acceptors (Lipinski definition) is 3. The first kappa shape index (κ1) is 14.6. The Hall–Kier alpha value is -1.85. The van der Waals surface area contributed by atoms with Crippen molar-refractivity contribution in [1.29, 1.82) is 0 Å². The van der Waals surface area contributed by atoms with Crippen LogP contribution in [0.5, 0.6) is 0 Å². The highest BCUT2D eigenvalue weighted by Gasteiger charge is 2.37. The molecule has 0 saturated carbocycles. The molecule has 0 aromatic heterocycles. The number of amides is 1. The Balaban J connectivity index is 2.12. The summed E-state index contributed by atoms with van der Waals surface area (Å²) in [5, 5.41) is 19.0. The second-order valence-electron chi connectivity index (χ2n) is 4.59. The van der Waals surface area contributed by atoms with E-state index in [2.05, 4.69) is 0 Å². The SMILES string of the molecule is O=C(O)[C@@H]1C[C@H](O)CN1C(=O)C=Cc1ccccc1Cl. The molecule has 2 rings (SSSR count). The number of aliphatic carboxylic acids is 1. The zero-order chi connectivity index (χ0) is 14.7. The largest absolute Gasteiger partial charge is 0.480 e. The van der Waals surface area contributed by atoms with E-state index in [4.69, 9.17) is 16.7 Å². The average Bonchev–Trinajstić information content (AvgIpc) is 2.80. The standard InChI is InChI=1S/C14H14ClNO4/c15-11-4-2-1-3-9(11)5-6-13(18)16-8-10(17)7-12(16)14(19)20/h1-6,10,12,17H,7-8H2,(H,19,20)/t10-,12-/m0/s1. The molecular formula is C14H14ClNO4. The number of carboxylic acid groups (broad SMARTS) is 1. The van der Waals surface area contributed by atoms with Gasteiger partial charge in [-0.05, 0) is 17.7 Å². The quantitative estimate of drug-likeness (QED) is 0.826. The molecule has 1 aromatic carbocycles. The van der Waals surface area contributed by atoms with Crippen molar-refractivity contribution in [3.05, 3.63) is 40.9 Å². The fourth-order valence-electron chi connectivity index (χ4n) is 2.16. The predicted octanol–water partition coefficient (Wildman–Crippen LogP) is 1.40. The van der Waals surface area contributed by atoms with Crippen molar-refractivity contribution in [1.82, 2.24) is 4.90 Å². The summed E-state index contributed by atoms with van der Waals surface area (Å²) in [6.45, 7) is 0.0304. The van der Waals surface area contributed by atoms with Crippen molar-refractivity contribution < 1.29 is 19.8 Å². The molecule has 1 heterocycles. The fourth-order valence-corrected chi connectivity index (χ4v) is 2.36. The van der Waals surface area contributed by atoms with Gasteiger partial charge in [-0.2, -0.15) is 0 Å². The number of carboxylic acids is 1. The van der Waals surface area contributed by atoms with E-state index in [9.17, 15) is 14.7 Å². The van der Waals surface area contributed by atoms with Gasteiger partial charge in [-0.1, -0.05) is 29.8 Å². The van der Waals surface area contributed by atoms with Crippen molar-refractivity contribution in [3.8, 4) is 0 Å². The molecule has 1 aliphatic rings. The lowest BCUT2D eigenvalue weighted by molar-refractivity contribution is -0.146. The molecule has 5 nitrogen and oxygen atoms in total. The van der Waals surface area contributed by atoms with Gasteiger partial charge in [0.1, 0.15) is 6.04 Å². The lowest BCUT2D eigenvalue weighted by Crippen LogP contribution is -2.39. The van der Waals surface area contributed by atoms with E-state index in [-0.39, 0.29) is 13.0 Å². The van der Waals surface area contributed by atoms with Crippen molar-refractivity contribution in [2.24, 2.45) is 0 Å². The highest BCUT2D eigenvalue weighted by molar-refractivity contribution is 6.32. The maximum atomic E-state index is 12.0. The first-order chi connectivity index (χ1) is 9.49. The number of likely N-dealkylation sites (tertiary alicyclic amines) is 1. The van der Waals surface area contributed by atoms with E-state index in [0.717, 1.165) is 4.90 Å². The van der Waals surface area contributed by atoms with Gasteiger partial charge in [-0.3, -0.25) is 4.79 Å². The van der Waals surface area contributed by atoms with Gasteiger partial charge in [0.05, 0.1) is 6.10 Å². The minimum atomic E-state index is -1.11. The average molecular weight is 296 g/mol. The third-order valence-electron chi connectivity index (χ3n) is 3.16. The molecule has 0 aliphatic carbocycles. The van der Waals surface area contributed by atoms with Crippen LogP contribution in [0.3, 0.4) is 0 Å². The molecule has 1 saturated heterocycles. The van der Waals surface area contributed by atoms with Crippen molar-refractivity contribution in [2.75, 3.05) is 6.54 Å². The maximum Gasteiger partial charge on any atom is 0.326 e. The molecule has 2 atom stereocenters. The van der Waals surface area contributed by atoms with Crippen molar-refractivity contribution >= 4 is 29.6 Å². The maximum absolute atomic E-state index is 12.0. The van der Waals surface area contributed by atoms with Crippen LogP contribution in [0.1, 0.15) is 12.0 Å². The van der Waals surface area contributed by atoms with Gasteiger partial charge in [0.15, 0.2) is 0 Å². The zero-order valence-corrected chi connectivity index (χ0v) is 11.3. The van der Waals surface area contributed by atoms with Gasteiger partial charge in [0.2, 0.25) is 5.91 Å². The van der Waals surface area contributed by atoms with Crippen LogP contribution in [0.15, 0.2) is 30.3 Å². The number of carbonyl (C=O) groups excluding carboxylic acids is 1. The van der Waals surface area contributed by atoms with E-state index >= 15 is 0 Å². The number of rotatable bonds is 3. The first-order valence-corrected chi connectivity index (χ1v) is 6.51. The molecule has 6 heteroatoms. The first-order valence-electron chi connectivity index (χ1n) is 6.13. The smallest absolute Gasteiger partial charge is 0.326 e. The molecule has 1 aliphatic heterocycles. The number of benzene rings is 1. The lowest BCUT2D eigenvalue weighted by atomic mass is 10.2. The molecule has 0 radical (unpaired) electrons. The minimum absolute atomic E-state index is 0.0304. The summed E-state index contributed by atoms with van der Waals surface area (Å²) in [4.78, 5) is 24.2. The van der Waals surface area contributed by atoms with Crippen LogP contribution in [0, 0.1) is 0 Å².